The van der Waals surface area contributed by atoms with E-state index in [0.717, 1.165) is 42.9 Å². The number of anilines is 2. The van der Waals surface area contributed by atoms with Crippen molar-refractivity contribution in [1.29, 1.82) is 0 Å². The Morgan fingerprint density at radius 1 is 1.15 bits per heavy atom. The lowest BCUT2D eigenvalue weighted by molar-refractivity contribution is 0.0526. The molecule has 0 radical (unpaired) electrons. The number of benzene rings is 2. The molecule has 2 aliphatic rings. The summed E-state index contributed by atoms with van der Waals surface area (Å²) in [7, 11) is 0. The summed E-state index contributed by atoms with van der Waals surface area (Å²) in [5.41, 5.74) is 3.67. The first-order chi connectivity index (χ1) is 16.2. The van der Waals surface area contributed by atoms with E-state index >= 15 is 0 Å². The lowest BCUT2D eigenvalue weighted by atomic mass is 9.66. The second-order valence-electron chi connectivity index (χ2n) is 10.5. The van der Waals surface area contributed by atoms with Crippen molar-refractivity contribution in [1.82, 2.24) is 0 Å². The van der Waals surface area contributed by atoms with Crippen LogP contribution in [-0.2, 0) is 4.74 Å². The molecule has 180 valence electrons. The van der Waals surface area contributed by atoms with Crippen LogP contribution in [0.1, 0.15) is 69.3 Å². The minimum absolute atomic E-state index is 0.271. The zero-order valence-corrected chi connectivity index (χ0v) is 21.7. The van der Waals surface area contributed by atoms with Gasteiger partial charge in [-0.05, 0) is 99.0 Å². The molecule has 2 aromatic rings. The van der Waals surface area contributed by atoms with Crippen LogP contribution in [0.25, 0.3) is 0 Å². The van der Waals surface area contributed by atoms with Gasteiger partial charge in [0.1, 0.15) is 11.4 Å². The molecule has 4 rings (SSSR count). The Morgan fingerprint density at radius 3 is 2.38 bits per heavy atom. The highest BCUT2D eigenvalue weighted by Gasteiger charge is 2.51. The molecule has 1 aliphatic heterocycles. The second-order valence-corrected chi connectivity index (χ2v) is 10.8. The topological polar surface area (TPSA) is 53.9 Å². The van der Waals surface area contributed by atoms with Gasteiger partial charge >= 0.3 is 5.97 Å². The Labute approximate surface area is 208 Å². The molecule has 0 bridgehead atoms. The number of aliphatic imine (C=N–C) groups is 1. The molecule has 0 unspecified atom stereocenters. The zero-order valence-electron chi connectivity index (χ0n) is 20.9. The van der Waals surface area contributed by atoms with E-state index in [4.69, 9.17) is 21.9 Å². The van der Waals surface area contributed by atoms with Gasteiger partial charge in [0.2, 0.25) is 5.11 Å². The SMILES string of the molecule is CCOC(=O)c1ccc(N2C(=S)N=C(Nc3ccccc3C)C23CCC(C(C)(C)C)CC3)cc1. The van der Waals surface area contributed by atoms with Gasteiger partial charge in [0.15, 0.2) is 0 Å². The number of amidine groups is 1. The molecule has 34 heavy (non-hydrogen) atoms. The summed E-state index contributed by atoms with van der Waals surface area (Å²) in [6, 6.07) is 15.8. The molecule has 5 nitrogen and oxygen atoms in total. The molecule has 1 saturated carbocycles. The predicted molar refractivity (Wildman–Crippen MR) is 144 cm³/mol. The van der Waals surface area contributed by atoms with E-state index in [-0.39, 0.29) is 16.9 Å². The molecule has 2 aromatic carbocycles. The maximum absolute atomic E-state index is 12.2. The van der Waals surface area contributed by atoms with Crippen molar-refractivity contribution in [3.8, 4) is 0 Å². The van der Waals surface area contributed by atoms with Crippen molar-refractivity contribution in [2.45, 2.75) is 65.8 Å². The quantitative estimate of drug-likeness (QED) is 0.389. The van der Waals surface area contributed by atoms with E-state index in [1.165, 1.54) is 5.56 Å². The molecular formula is C28H35N3O2S. The Morgan fingerprint density at radius 2 is 1.79 bits per heavy atom. The molecule has 1 N–H and O–H groups in total. The lowest BCUT2D eigenvalue weighted by Crippen LogP contribution is -2.56. The Hall–Kier alpha value is -2.73. The number of para-hydroxylation sites is 1. The van der Waals surface area contributed by atoms with Gasteiger partial charge < -0.3 is 15.0 Å². The largest absolute Gasteiger partial charge is 0.462 e. The predicted octanol–water partition coefficient (Wildman–Crippen LogP) is 6.76. The summed E-state index contributed by atoms with van der Waals surface area (Å²) in [6.07, 6.45) is 4.15. The van der Waals surface area contributed by atoms with E-state index in [0.29, 0.717) is 23.2 Å². The molecular weight excluding hydrogens is 442 g/mol. The fourth-order valence-corrected chi connectivity index (χ4v) is 5.64. The Bertz CT molecular complexity index is 1090. The number of esters is 1. The van der Waals surface area contributed by atoms with Gasteiger partial charge in [-0.1, -0.05) is 39.0 Å². The number of thiocarbonyl (C=S) groups is 1. The van der Waals surface area contributed by atoms with E-state index < -0.39 is 0 Å². The van der Waals surface area contributed by atoms with E-state index in [1.807, 2.05) is 43.3 Å². The van der Waals surface area contributed by atoms with Gasteiger partial charge in [-0.15, -0.1) is 0 Å². The lowest BCUT2D eigenvalue weighted by Gasteiger charge is -2.47. The summed E-state index contributed by atoms with van der Waals surface area (Å²) in [4.78, 5) is 19.3. The maximum atomic E-state index is 12.2. The zero-order chi connectivity index (χ0) is 24.5. The van der Waals surface area contributed by atoms with Crippen molar-refractivity contribution in [3.05, 3.63) is 59.7 Å². The molecule has 6 heteroatoms. The van der Waals surface area contributed by atoms with Crippen LogP contribution in [0.2, 0.25) is 0 Å². The first kappa shape index (κ1) is 24.4. The summed E-state index contributed by atoms with van der Waals surface area (Å²) in [5.74, 6) is 1.27. The van der Waals surface area contributed by atoms with Crippen molar-refractivity contribution in [2.24, 2.45) is 16.3 Å². The molecule has 0 aromatic heterocycles. The Kier molecular flexibility index (Phi) is 6.81. The third-order valence-corrected chi connectivity index (χ3v) is 7.61. The summed E-state index contributed by atoms with van der Waals surface area (Å²) >= 11 is 5.84. The van der Waals surface area contributed by atoms with Crippen molar-refractivity contribution >= 4 is 40.5 Å². The highest BCUT2D eigenvalue weighted by molar-refractivity contribution is 7.80. The van der Waals surface area contributed by atoms with E-state index in [2.05, 4.69) is 50.0 Å². The smallest absolute Gasteiger partial charge is 0.338 e. The number of aryl methyl sites for hydroxylation is 1. The average molecular weight is 478 g/mol. The van der Waals surface area contributed by atoms with E-state index in [1.54, 1.807) is 0 Å². The Balaban J connectivity index is 1.69. The monoisotopic (exact) mass is 477 g/mol. The molecule has 1 fully saturated rings. The van der Waals surface area contributed by atoms with Gasteiger partial charge in [-0.2, -0.15) is 0 Å². The van der Waals surface area contributed by atoms with Crippen molar-refractivity contribution < 1.29 is 9.53 Å². The highest BCUT2D eigenvalue weighted by Crippen LogP contribution is 2.48. The number of nitrogens with one attached hydrogen (secondary N) is 1. The van der Waals surface area contributed by atoms with Crippen LogP contribution in [0.3, 0.4) is 0 Å². The number of carbonyl (C=O) groups is 1. The van der Waals surface area contributed by atoms with Gasteiger partial charge in [0.25, 0.3) is 0 Å². The summed E-state index contributed by atoms with van der Waals surface area (Å²) in [5, 5.41) is 4.21. The normalized spacial score (nSPS) is 22.6. The fourth-order valence-electron chi connectivity index (χ4n) is 5.26. The van der Waals surface area contributed by atoms with Gasteiger partial charge in [0.05, 0.1) is 12.2 Å². The fraction of sp³-hybridized carbons (Fsp3) is 0.464. The number of carbonyl (C=O) groups excluding carboxylic acids is 1. The van der Waals surface area contributed by atoms with Crippen molar-refractivity contribution in [2.75, 3.05) is 16.8 Å². The van der Waals surface area contributed by atoms with Gasteiger partial charge in [-0.25, -0.2) is 9.79 Å². The number of hydrogen-bond acceptors (Lipinski definition) is 4. The van der Waals surface area contributed by atoms with E-state index in [9.17, 15) is 4.79 Å². The third-order valence-electron chi connectivity index (χ3n) is 7.34. The minimum Gasteiger partial charge on any atom is -0.462 e. The molecule has 0 saturated heterocycles. The number of rotatable bonds is 4. The number of ether oxygens (including phenoxy) is 1. The molecule has 1 aliphatic carbocycles. The molecule has 1 heterocycles. The number of hydrogen-bond donors (Lipinski definition) is 1. The first-order valence-electron chi connectivity index (χ1n) is 12.2. The van der Waals surface area contributed by atoms with Crippen LogP contribution in [0.4, 0.5) is 11.4 Å². The average Bonchev–Trinajstić information content (AvgIpc) is 3.05. The maximum Gasteiger partial charge on any atom is 0.338 e. The standard InChI is InChI=1S/C28H35N3O2S/c1-6-33-24(32)20-11-13-22(14-12-20)31-26(34)30-25(29-23-10-8-7-9-19(23)2)28(31)17-15-21(16-18-28)27(3,4)5/h7-14,21H,6,15-18H2,1-5H3,(H,29,30,34). The van der Waals surface area contributed by atoms with Crippen LogP contribution in [-0.4, -0.2) is 29.1 Å². The molecule has 1 spiro atoms. The van der Waals surface area contributed by atoms with Crippen LogP contribution in [0.15, 0.2) is 53.5 Å². The van der Waals surface area contributed by atoms with Crippen LogP contribution >= 0.6 is 12.2 Å². The van der Waals surface area contributed by atoms with Gasteiger partial charge in [0, 0.05) is 11.4 Å². The summed E-state index contributed by atoms with van der Waals surface area (Å²) in [6.45, 7) is 11.3. The first-order valence-corrected chi connectivity index (χ1v) is 12.6. The second kappa shape index (κ2) is 9.49. The van der Waals surface area contributed by atoms with Crippen LogP contribution < -0.4 is 10.2 Å². The van der Waals surface area contributed by atoms with Crippen LogP contribution in [0.5, 0.6) is 0 Å². The minimum atomic E-state index is -0.327. The molecule has 0 amide bonds. The number of nitrogens with zero attached hydrogens (tertiary/aromatic N) is 2. The van der Waals surface area contributed by atoms with Crippen LogP contribution in [0, 0.1) is 18.3 Å². The molecule has 0 atom stereocenters. The van der Waals surface area contributed by atoms with Gasteiger partial charge in [-0.3, -0.25) is 0 Å². The highest BCUT2D eigenvalue weighted by atomic mass is 32.1. The summed E-state index contributed by atoms with van der Waals surface area (Å²) < 4.78 is 5.15. The third kappa shape index (κ3) is 4.61. The van der Waals surface area contributed by atoms with Crippen molar-refractivity contribution in [3.63, 3.8) is 0 Å².